The normalized spacial score (nSPS) is 20.0. The van der Waals surface area contributed by atoms with Crippen molar-refractivity contribution in [1.29, 1.82) is 0 Å². The van der Waals surface area contributed by atoms with Gasteiger partial charge in [0.15, 0.2) is 5.69 Å². The van der Waals surface area contributed by atoms with E-state index in [1.807, 2.05) is 0 Å². The third-order valence-electron chi connectivity index (χ3n) is 2.83. The molecule has 1 aromatic rings. The largest absolute Gasteiger partial charge is 0.464 e. The van der Waals surface area contributed by atoms with Gasteiger partial charge in [0.25, 0.3) is 0 Å². The van der Waals surface area contributed by atoms with E-state index in [2.05, 4.69) is 15.2 Å². The molecule has 1 atom stereocenters. The molecule has 1 N–H and O–H groups in total. The van der Waals surface area contributed by atoms with Crippen molar-refractivity contribution in [2.24, 2.45) is 0 Å². The number of ether oxygens (including phenoxy) is 2. The number of hydrogen-bond acceptors (Lipinski definition) is 5. The second kappa shape index (κ2) is 5.18. The fraction of sp³-hybridized carbons (Fsp3) is 0.636. The fourth-order valence-electron chi connectivity index (χ4n) is 1.90. The number of carbonyl (C=O) groups excluding carboxylic acids is 1. The average Bonchev–Trinajstić information content (AvgIpc) is 2.83. The summed E-state index contributed by atoms with van der Waals surface area (Å²) in [6.45, 7) is 0.743. The van der Waals surface area contributed by atoms with Gasteiger partial charge in [0.2, 0.25) is 0 Å². The van der Waals surface area contributed by atoms with Crippen LogP contribution < -0.4 is 5.32 Å². The number of nitrogens with zero attached hydrogens (tertiary/aromatic N) is 2. The van der Waals surface area contributed by atoms with E-state index in [0.29, 0.717) is 11.4 Å². The Bertz CT molecular complexity index is 397. The monoisotopic (exact) mass is 239 g/mol. The minimum atomic E-state index is -0.441. The van der Waals surface area contributed by atoms with E-state index < -0.39 is 5.97 Å². The highest BCUT2D eigenvalue weighted by molar-refractivity contribution is 5.93. The lowest BCUT2D eigenvalue weighted by molar-refractivity contribution is -0.0396. The van der Waals surface area contributed by atoms with Crippen LogP contribution >= 0.6 is 0 Å². The molecular weight excluding hydrogens is 222 g/mol. The lowest BCUT2D eigenvalue weighted by Gasteiger charge is -2.22. The molecule has 2 rings (SSSR count). The molecule has 0 saturated carbocycles. The first-order chi connectivity index (χ1) is 8.26. The molecular formula is C11H17N3O3. The molecule has 0 spiro atoms. The van der Waals surface area contributed by atoms with Crippen molar-refractivity contribution in [3.8, 4) is 0 Å². The third kappa shape index (κ3) is 2.41. The summed E-state index contributed by atoms with van der Waals surface area (Å²) >= 11 is 0. The molecule has 1 fully saturated rings. The van der Waals surface area contributed by atoms with Crippen LogP contribution in [0.5, 0.6) is 0 Å². The minimum Gasteiger partial charge on any atom is -0.464 e. The second-order valence-corrected chi connectivity index (χ2v) is 3.93. The molecule has 6 heteroatoms. The van der Waals surface area contributed by atoms with Gasteiger partial charge in [-0.1, -0.05) is 0 Å². The SMILES string of the molecule is CNc1cn(C2CCCCO2)nc1C(=O)OC. The van der Waals surface area contributed by atoms with E-state index in [4.69, 9.17) is 4.74 Å². The Kier molecular flexibility index (Phi) is 3.63. The Labute approximate surface area is 99.9 Å². The summed E-state index contributed by atoms with van der Waals surface area (Å²) in [5, 5.41) is 7.16. The van der Waals surface area contributed by atoms with Gasteiger partial charge in [-0.25, -0.2) is 9.48 Å². The maximum absolute atomic E-state index is 11.5. The van der Waals surface area contributed by atoms with Crippen LogP contribution in [0.2, 0.25) is 0 Å². The summed E-state index contributed by atoms with van der Waals surface area (Å²) in [5.74, 6) is -0.441. The standard InChI is InChI=1S/C11H17N3O3/c1-12-8-7-14(9-5-3-4-6-17-9)13-10(8)11(15)16-2/h7,9,12H,3-6H2,1-2H3. The van der Waals surface area contributed by atoms with Crippen LogP contribution in [0.4, 0.5) is 5.69 Å². The summed E-state index contributed by atoms with van der Waals surface area (Å²) in [6.07, 6.45) is 4.83. The van der Waals surface area contributed by atoms with Gasteiger partial charge in [0, 0.05) is 13.7 Å². The summed E-state index contributed by atoms with van der Waals surface area (Å²) in [7, 11) is 3.09. The molecule has 1 saturated heterocycles. The van der Waals surface area contributed by atoms with Crippen LogP contribution in [0, 0.1) is 0 Å². The van der Waals surface area contributed by atoms with E-state index in [1.54, 1.807) is 17.9 Å². The minimum absolute atomic E-state index is 0.0748. The van der Waals surface area contributed by atoms with Gasteiger partial charge in [-0.2, -0.15) is 5.10 Å². The van der Waals surface area contributed by atoms with Crippen molar-refractivity contribution >= 4 is 11.7 Å². The second-order valence-electron chi connectivity index (χ2n) is 3.93. The predicted molar refractivity (Wildman–Crippen MR) is 62.0 cm³/mol. The molecule has 94 valence electrons. The Hall–Kier alpha value is -1.56. The van der Waals surface area contributed by atoms with Crippen molar-refractivity contribution in [1.82, 2.24) is 9.78 Å². The summed E-state index contributed by atoms with van der Waals surface area (Å²) < 4.78 is 12.0. The number of esters is 1. The zero-order chi connectivity index (χ0) is 12.3. The smallest absolute Gasteiger partial charge is 0.360 e. The number of nitrogens with one attached hydrogen (secondary N) is 1. The Balaban J connectivity index is 2.23. The van der Waals surface area contributed by atoms with Crippen molar-refractivity contribution in [3.05, 3.63) is 11.9 Å². The third-order valence-corrected chi connectivity index (χ3v) is 2.83. The van der Waals surface area contributed by atoms with Crippen LogP contribution in [0.25, 0.3) is 0 Å². The molecule has 0 bridgehead atoms. The van der Waals surface area contributed by atoms with Gasteiger partial charge in [-0.05, 0) is 19.3 Å². The quantitative estimate of drug-likeness (QED) is 0.808. The Morgan fingerprint density at radius 2 is 2.47 bits per heavy atom. The maximum Gasteiger partial charge on any atom is 0.360 e. The molecule has 1 aliphatic rings. The molecule has 0 aliphatic carbocycles. The molecule has 17 heavy (non-hydrogen) atoms. The summed E-state index contributed by atoms with van der Waals surface area (Å²) in [4.78, 5) is 11.5. The molecule has 1 aromatic heterocycles. The first kappa shape index (κ1) is 11.9. The molecule has 6 nitrogen and oxygen atoms in total. The Morgan fingerprint density at radius 1 is 1.65 bits per heavy atom. The topological polar surface area (TPSA) is 65.4 Å². The van der Waals surface area contributed by atoms with E-state index in [-0.39, 0.29) is 6.23 Å². The fourth-order valence-corrected chi connectivity index (χ4v) is 1.90. The zero-order valence-corrected chi connectivity index (χ0v) is 10.1. The highest BCUT2D eigenvalue weighted by atomic mass is 16.5. The van der Waals surface area contributed by atoms with Crippen molar-refractivity contribution in [2.45, 2.75) is 25.5 Å². The number of hydrogen-bond donors (Lipinski definition) is 1. The Morgan fingerprint density at radius 3 is 3.06 bits per heavy atom. The van der Waals surface area contributed by atoms with Crippen LogP contribution in [-0.2, 0) is 9.47 Å². The number of anilines is 1. The maximum atomic E-state index is 11.5. The van der Waals surface area contributed by atoms with Crippen molar-refractivity contribution in [3.63, 3.8) is 0 Å². The van der Waals surface area contributed by atoms with Gasteiger partial charge in [-0.15, -0.1) is 0 Å². The van der Waals surface area contributed by atoms with Crippen LogP contribution in [0.3, 0.4) is 0 Å². The molecule has 2 heterocycles. The van der Waals surface area contributed by atoms with E-state index >= 15 is 0 Å². The van der Waals surface area contributed by atoms with Gasteiger partial charge in [-0.3, -0.25) is 0 Å². The van der Waals surface area contributed by atoms with Crippen molar-refractivity contribution < 1.29 is 14.3 Å². The van der Waals surface area contributed by atoms with E-state index in [0.717, 1.165) is 25.9 Å². The lowest BCUT2D eigenvalue weighted by Crippen LogP contribution is -2.19. The van der Waals surface area contributed by atoms with E-state index in [1.165, 1.54) is 7.11 Å². The highest BCUT2D eigenvalue weighted by Crippen LogP contribution is 2.24. The molecule has 1 unspecified atom stereocenters. The molecule has 1 aliphatic heterocycles. The molecule has 0 radical (unpaired) electrons. The zero-order valence-electron chi connectivity index (χ0n) is 10.1. The lowest BCUT2D eigenvalue weighted by atomic mass is 10.2. The van der Waals surface area contributed by atoms with Gasteiger partial charge in [0.05, 0.1) is 19.0 Å². The van der Waals surface area contributed by atoms with Crippen molar-refractivity contribution in [2.75, 3.05) is 26.1 Å². The molecule has 0 amide bonds. The van der Waals surface area contributed by atoms with Gasteiger partial charge >= 0.3 is 5.97 Å². The predicted octanol–water partition coefficient (Wildman–Crippen LogP) is 1.41. The van der Waals surface area contributed by atoms with E-state index in [9.17, 15) is 4.79 Å². The average molecular weight is 239 g/mol. The summed E-state index contributed by atoms with van der Waals surface area (Å²) in [5.41, 5.74) is 0.954. The first-order valence-corrected chi connectivity index (χ1v) is 5.73. The summed E-state index contributed by atoms with van der Waals surface area (Å²) in [6, 6.07) is 0. The van der Waals surface area contributed by atoms with Crippen LogP contribution in [0.15, 0.2) is 6.20 Å². The number of aromatic nitrogens is 2. The van der Waals surface area contributed by atoms with Crippen LogP contribution in [0.1, 0.15) is 36.0 Å². The number of rotatable bonds is 3. The molecule has 0 aromatic carbocycles. The van der Waals surface area contributed by atoms with Gasteiger partial charge < -0.3 is 14.8 Å². The van der Waals surface area contributed by atoms with Gasteiger partial charge in [0.1, 0.15) is 6.23 Å². The highest BCUT2D eigenvalue weighted by Gasteiger charge is 2.22. The number of carbonyl (C=O) groups is 1. The van der Waals surface area contributed by atoms with Crippen LogP contribution in [-0.4, -0.2) is 36.5 Å². The first-order valence-electron chi connectivity index (χ1n) is 5.73. The number of methoxy groups -OCH3 is 1.